The summed E-state index contributed by atoms with van der Waals surface area (Å²) in [6.45, 7) is 2.92. The number of hydrogen-bond acceptors (Lipinski definition) is 5. The normalized spacial score (nSPS) is 37.8. The Hall–Kier alpha value is -0.940. The maximum atomic E-state index is 6.15. The van der Waals surface area contributed by atoms with E-state index in [9.17, 15) is 0 Å². The van der Waals surface area contributed by atoms with E-state index >= 15 is 0 Å². The second kappa shape index (κ2) is 4.07. The number of aromatic nitrogens is 2. The van der Waals surface area contributed by atoms with Gasteiger partial charge in [-0.3, -0.25) is 0 Å². The van der Waals surface area contributed by atoms with Gasteiger partial charge in [0, 0.05) is 12.6 Å². The lowest BCUT2D eigenvalue weighted by Gasteiger charge is -2.23. The van der Waals surface area contributed by atoms with E-state index in [1.54, 1.807) is 0 Å². The molecule has 2 N–H and O–H groups in total. The Morgan fingerprint density at radius 2 is 2.24 bits per heavy atom. The Kier molecular flexibility index (Phi) is 2.67. The Morgan fingerprint density at radius 3 is 2.88 bits per heavy atom. The number of nitrogens with two attached hydrogens (primary N) is 1. The summed E-state index contributed by atoms with van der Waals surface area (Å²) in [6.07, 6.45) is 5.28. The molecule has 17 heavy (non-hydrogen) atoms. The monoisotopic (exact) mass is 237 g/mol. The number of hydrogen-bond donors (Lipinski definition) is 1. The van der Waals surface area contributed by atoms with Gasteiger partial charge in [0.1, 0.15) is 6.10 Å². The molecule has 1 saturated heterocycles. The van der Waals surface area contributed by atoms with Crippen molar-refractivity contribution < 1.29 is 9.26 Å². The van der Waals surface area contributed by atoms with E-state index in [2.05, 4.69) is 17.1 Å². The Bertz CT molecular complexity index is 400. The summed E-state index contributed by atoms with van der Waals surface area (Å²) >= 11 is 0. The molecular formula is C12H19N3O2. The predicted octanol–water partition coefficient (Wildman–Crippen LogP) is 1.69. The number of rotatable bonds is 2. The van der Waals surface area contributed by atoms with Gasteiger partial charge in [0.15, 0.2) is 0 Å². The van der Waals surface area contributed by atoms with Crippen molar-refractivity contribution in [2.24, 2.45) is 5.73 Å². The zero-order chi connectivity index (χ0) is 11.9. The van der Waals surface area contributed by atoms with Gasteiger partial charge in [-0.1, -0.05) is 11.6 Å². The van der Waals surface area contributed by atoms with Gasteiger partial charge in [-0.25, -0.2) is 0 Å². The van der Waals surface area contributed by atoms with Crippen molar-refractivity contribution in [2.45, 2.75) is 56.6 Å². The lowest BCUT2D eigenvalue weighted by atomic mass is 9.85. The Labute approximate surface area is 101 Å². The Balaban J connectivity index is 1.84. The van der Waals surface area contributed by atoms with Crippen molar-refractivity contribution in [1.29, 1.82) is 0 Å². The maximum Gasteiger partial charge on any atom is 0.234 e. The molecule has 0 amide bonds. The first-order valence-electron chi connectivity index (χ1n) is 6.41. The van der Waals surface area contributed by atoms with Gasteiger partial charge in [-0.2, -0.15) is 4.98 Å². The molecular weight excluding hydrogens is 218 g/mol. The summed E-state index contributed by atoms with van der Waals surface area (Å²) < 4.78 is 11.0. The molecule has 1 aliphatic carbocycles. The molecule has 1 saturated carbocycles. The highest BCUT2D eigenvalue weighted by Gasteiger charge is 2.43. The zero-order valence-corrected chi connectivity index (χ0v) is 10.2. The van der Waals surface area contributed by atoms with Crippen LogP contribution < -0.4 is 5.73 Å². The van der Waals surface area contributed by atoms with Crippen LogP contribution in [0.15, 0.2) is 4.52 Å². The third-order valence-corrected chi connectivity index (χ3v) is 4.18. The van der Waals surface area contributed by atoms with E-state index in [4.69, 9.17) is 15.0 Å². The van der Waals surface area contributed by atoms with Crippen LogP contribution in [-0.2, 0) is 10.2 Å². The van der Waals surface area contributed by atoms with Crippen LogP contribution in [0.2, 0.25) is 0 Å². The lowest BCUT2D eigenvalue weighted by Crippen LogP contribution is -2.38. The van der Waals surface area contributed by atoms with E-state index in [0.29, 0.717) is 11.7 Å². The van der Waals surface area contributed by atoms with E-state index in [1.807, 2.05) is 0 Å². The SMILES string of the molecule is CC1(c2nc(C3CCCO3)no2)CCCC1N. The highest BCUT2D eigenvalue weighted by atomic mass is 16.5. The molecule has 0 bridgehead atoms. The molecule has 5 heteroatoms. The van der Waals surface area contributed by atoms with Crippen molar-refractivity contribution in [2.75, 3.05) is 6.61 Å². The van der Waals surface area contributed by atoms with E-state index in [0.717, 1.165) is 38.7 Å². The van der Waals surface area contributed by atoms with Crippen LogP contribution in [0.5, 0.6) is 0 Å². The van der Waals surface area contributed by atoms with Crippen molar-refractivity contribution in [1.82, 2.24) is 10.1 Å². The first kappa shape index (κ1) is 11.2. The summed E-state index contributed by atoms with van der Waals surface area (Å²) in [6, 6.07) is 0.125. The van der Waals surface area contributed by atoms with Gasteiger partial charge < -0.3 is 15.0 Å². The molecule has 1 aromatic heterocycles. The molecule has 3 rings (SSSR count). The lowest BCUT2D eigenvalue weighted by molar-refractivity contribution is 0.103. The zero-order valence-electron chi connectivity index (χ0n) is 10.2. The maximum absolute atomic E-state index is 6.15. The molecule has 1 aliphatic heterocycles. The number of ether oxygens (including phenoxy) is 1. The molecule has 0 spiro atoms. The highest BCUT2D eigenvalue weighted by Crippen LogP contribution is 2.39. The largest absolute Gasteiger partial charge is 0.370 e. The fraction of sp³-hybridized carbons (Fsp3) is 0.833. The minimum atomic E-state index is -0.149. The first-order valence-corrected chi connectivity index (χ1v) is 6.41. The van der Waals surface area contributed by atoms with Gasteiger partial charge >= 0.3 is 0 Å². The molecule has 1 aromatic rings. The van der Waals surface area contributed by atoms with Gasteiger partial charge in [-0.05, 0) is 32.6 Å². The Morgan fingerprint density at radius 1 is 1.35 bits per heavy atom. The van der Waals surface area contributed by atoms with Gasteiger partial charge in [0.05, 0.1) is 5.41 Å². The molecule has 94 valence electrons. The van der Waals surface area contributed by atoms with Crippen LogP contribution >= 0.6 is 0 Å². The summed E-state index contributed by atoms with van der Waals surface area (Å²) in [5.74, 6) is 1.38. The predicted molar refractivity (Wildman–Crippen MR) is 61.4 cm³/mol. The smallest absolute Gasteiger partial charge is 0.234 e. The van der Waals surface area contributed by atoms with E-state index in [-0.39, 0.29) is 17.6 Å². The topological polar surface area (TPSA) is 74.2 Å². The minimum Gasteiger partial charge on any atom is -0.370 e. The number of nitrogens with zero attached hydrogens (tertiary/aromatic N) is 2. The van der Waals surface area contributed by atoms with Gasteiger partial charge in [0.25, 0.3) is 0 Å². The van der Waals surface area contributed by atoms with Crippen LogP contribution in [0, 0.1) is 0 Å². The molecule has 0 aromatic carbocycles. The van der Waals surface area contributed by atoms with Crippen molar-refractivity contribution in [3.63, 3.8) is 0 Å². The summed E-state index contributed by atoms with van der Waals surface area (Å²) in [5.41, 5.74) is 6.00. The average Bonchev–Trinajstić information content (AvgIpc) is 3.01. The highest BCUT2D eigenvalue weighted by molar-refractivity contribution is 5.12. The summed E-state index contributed by atoms with van der Waals surface area (Å²) in [7, 11) is 0. The standard InChI is InChI=1S/C12H19N3O2/c1-12(6-2-5-9(12)13)11-14-10(15-17-11)8-4-3-7-16-8/h8-9H,2-7,13H2,1H3. The van der Waals surface area contributed by atoms with Crippen LogP contribution in [-0.4, -0.2) is 22.8 Å². The quantitative estimate of drug-likeness (QED) is 0.847. The minimum absolute atomic E-state index is 0.0220. The van der Waals surface area contributed by atoms with Gasteiger partial charge in [0.2, 0.25) is 11.7 Å². The van der Waals surface area contributed by atoms with Crippen LogP contribution in [0.1, 0.15) is 56.8 Å². The molecule has 0 radical (unpaired) electrons. The van der Waals surface area contributed by atoms with E-state index in [1.165, 1.54) is 0 Å². The van der Waals surface area contributed by atoms with Crippen LogP contribution in [0.4, 0.5) is 0 Å². The summed E-state index contributed by atoms with van der Waals surface area (Å²) in [4.78, 5) is 4.51. The van der Waals surface area contributed by atoms with Crippen molar-refractivity contribution >= 4 is 0 Å². The third kappa shape index (κ3) is 1.77. The molecule has 2 fully saturated rings. The van der Waals surface area contributed by atoms with Crippen molar-refractivity contribution in [3.8, 4) is 0 Å². The van der Waals surface area contributed by atoms with Crippen LogP contribution in [0.25, 0.3) is 0 Å². The molecule has 5 nitrogen and oxygen atoms in total. The fourth-order valence-corrected chi connectivity index (χ4v) is 2.84. The van der Waals surface area contributed by atoms with Gasteiger partial charge in [-0.15, -0.1) is 0 Å². The fourth-order valence-electron chi connectivity index (χ4n) is 2.84. The summed E-state index contributed by atoms with van der Waals surface area (Å²) in [5, 5.41) is 4.06. The first-order chi connectivity index (χ1) is 8.20. The molecule has 2 heterocycles. The molecule has 3 unspecified atom stereocenters. The van der Waals surface area contributed by atoms with Crippen LogP contribution in [0.3, 0.4) is 0 Å². The molecule has 2 aliphatic rings. The van der Waals surface area contributed by atoms with Crippen molar-refractivity contribution in [3.05, 3.63) is 11.7 Å². The van der Waals surface area contributed by atoms with E-state index < -0.39 is 0 Å². The second-order valence-corrected chi connectivity index (χ2v) is 5.38. The third-order valence-electron chi connectivity index (χ3n) is 4.18. The average molecular weight is 237 g/mol. The molecule has 3 atom stereocenters. The second-order valence-electron chi connectivity index (χ2n) is 5.38.